The lowest BCUT2D eigenvalue weighted by Crippen LogP contribution is -2.41. The molecule has 1 aromatic heterocycles. The molecule has 1 N–H and O–H groups in total. The van der Waals surface area contributed by atoms with E-state index >= 15 is 0 Å². The molecule has 18 heavy (non-hydrogen) atoms. The summed E-state index contributed by atoms with van der Waals surface area (Å²) in [6.45, 7) is 8.96. The first-order valence-electron chi connectivity index (χ1n) is 6.04. The van der Waals surface area contributed by atoms with E-state index in [0.29, 0.717) is 18.9 Å². The van der Waals surface area contributed by atoms with E-state index in [1.54, 1.807) is 11.0 Å². The Bertz CT molecular complexity index is 400. The lowest BCUT2D eigenvalue weighted by Gasteiger charge is -2.23. The van der Waals surface area contributed by atoms with Crippen molar-refractivity contribution >= 4 is 23.3 Å². The van der Waals surface area contributed by atoms with Gasteiger partial charge in [-0.15, -0.1) is 0 Å². The Morgan fingerprint density at radius 1 is 1.44 bits per heavy atom. The molecule has 0 radical (unpaired) electrons. The van der Waals surface area contributed by atoms with Crippen LogP contribution in [0.3, 0.4) is 0 Å². The maximum atomic E-state index is 12.1. The van der Waals surface area contributed by atoms with Crippen molar-refractivity contribution in [3.63, 3.8) is 0 Å². The van der Waals surface area contributed by atoms with Gasteiger partial charge in [0, 0.05) is 24.8 Å². The molecule has 0 aliphatic rings. The van der Waals surface area contributed by atoms with Gasteiger partial charge in [-0.05, 0) is 39.3 Å². The van der Waals surface area contributed by atoms with Crippen molar-refractivity contribution in [3.05, 3.63) is 17.0 Å². The summed E-state index contributed by atoms with van der Waals surface area (Å²) in [6, 6.07) is 1.42. The van der Waals surface area contributed by atoms with Gasteiger partial charge in [0.2, 0.25) is 11.2 Å². The van der Waals surface area contributed by atoms with E-state index < -0.39 is 0 Å². The number of carbonyl (C=O) groups excluding carboxylic acids is 1. The zero-order valence-electron chi connectivity index (χ0n) is 11.2. The molecule has 1 unspecified atom stereocenters. The number of likely N-dealkylation sites (N-methyl/N-ethyl adjacent to an activating group) is 1. The quantitative estimate of drug-likeness (QED) is 0.833. The molecule has 1 aromatic rings. The van der Waals surface area contributed by atoms with E-state index in [0.717, 1.165) is 5.69 Å². The second kappa shape index (κ2) is 6.54. The molecule has 0 aliphatic carbocycles. The van der Waals surface area contributed by atoms with Gasteiger partial charge in [0.15, 0.2) is 0 Å². The summed E-state index contributed by atoms with van der Waals surface area (Å²) < 4.78 is 0. The minimum absolute atomic E-state index is 0.0485. The van der Waals surface area contributed by atoms with Crippen molar-refractivity contribution in [2.45, 2.75) is 33.7 Å². The highest BCUT2D eigenvalue weighted by molar-refractivity contribution is 6.28. The molecular formula is C12H19ClN4O. The summed E-state index contributed by atoms with van der Waals surface area (Å²) in [7, 11) is 0. The predicted octanol–water partition coefficient (Wildman–Crippen LogP) is 2.11. The number of hydrogen-bond acceptors (Lipinski definition) is 4. The van der Waals surface area contributed by atoms with Gasteiger partial charge in [-0.25, -0.2) is 9.97 Å². The number of nitrogens with zero attached hydrogens (tertiary/aromatic N) is 3. The highest BCUT2D eigenvalue weighted by Gasteiger charge is 2.18. The van der Waals surface area contributed by atoms with Crippen LogP contribution in [0.4, 0.5) is 5.82 Å². The van der Waals surface area contributed by atoms with Crippen LogP contribution in [0.1, 0.15) is 26.5 Å². The van der Waals surface area contributed by atoms with Gasteiger partial charge in [-0.2, -0.15) is 0 Å². The van der Waals surface area contributed by atoms with Crippen molar-refractivity contribution in [2.75, 3.05) is 18.4 Å². The molecule has 100 valence electrons. The monoisotopic (exact) mass is 270 g/mol. The standard InChI is InChI=1S/C12H19ClN4O/c1-5-17(6-2)11(18)9(4)15-10-7-8(3)14-12(13)16-10/h7,9H,5-6H2,1-4H3,(H,14,15,16). The number of aryl methyl sites for hydroxylation is 1. The fourth-order valence-corrected chi connectivity index (χ4v) is 1.92. The van der Waals surface area contributed by atoms with Crippen molar-refractivity contribution < 1.29 is 4.79 Å². The molecule has 0 bridgehead atoms. The molecule has 1 atom stereocenters. The average Bonchev–Trinajstić information content (AvgIpc) is 2.28. The molecule has 0 fully saturated rings. The zero-order chi connectivity index (χ0) is 13.7. The molecule has 0 saturated carbocycles. The molecular weight excluding hydrogens is 252 g/mol. The van der Waals surface area contributed by atoms with Gasteiger partial charge < -0.3 is 10.2 Å². The van der Waals surface area contributed by atoms with Crippen LogP contribution in [0.15, 0.2) is 6.07 Å². The van der Waals surface area contributed by atoms with Crippen LogP contribution >= 0.6 is 11.6 Å². The minimum Gasteiger partial charge on any atom is -0.358 e. The van der Waals surface area contributed by atoms with Crippen molar-refractivity contribution in [1.29, 1.82) is 0 Å². The van der Waals surface area contributed by atoms with Crippen molar-refractivity contribution in [3.8, 4) is 0 Å². The van der Waals surface area contributed by atoms with E-state index in [1.165, 1.54) is 0 Å². The highest BCUT2D eigenvalue weighted by Crippen LogP contribution is 2.11. The molecule has 1 rings (SSSR count). The normalized spacial score (nSPS) is 12.1. The number of aromatic nitrogens is 2. The van der Waals surface area contributed by atoms with Gasteiger partial charge in [-0.1, -0.05) is 0 Å². The third-order valence-corrected chi connectivity index (χ3v) is 2.81. The molecule has 1 heterocycles. The maximum absolute atomic E-state index is 12.1. The molecule has 6 heteroatoms. The van der Waals surface area contributed by atoms with Crippen LogP contribution in [0.25, 0.3) is 0 Å². The molecule has 0 spiro atoms. The lowest BCUT2D eigenvalue weighted by molar-refractivity contribution is -0.131. The van der Waals surface area contributed by atoms with Crippen LogP contribution in [0.2, 0.25) is 5.28 Å². The largest absolute Gasteiger partial charge is 0.358 e. The molecule has 1 amide bonds. The number of amides is 1. The van der Waals surface area contributed by atoms with Crippen molar-refractivity contribution in [1.82, 2.24) is 14.9 Å². The van der Waals surface area contributed by atoms with Gasteiger partial charge in [0.05, 0.1) is 0 Å². The average molecular weight is 271 g/mol. The molecule has 0 saturated heterocycles. The van der Waals surface area contributed by atoms with E-state index in [4.69, 9.17) is 11.6 Å². The first-order chi connectivity index (χ1) is 8.47. The Kier molecular flexibility index (Phi) is 5.34. The van der Waals surface area contributed by atoms with Gasteiger partial charge in [0.25, 0.3) is 0 Å². The van der Waals surface area contributed by atoms with E-state index in [1.807, 2.05) is 27.7 Å². The Morgan fingerprint density at radius 3 is 2.56 bits per heavy atom. The second-order valence-electron chi connectivity index (χ2n) is 4.04. The Hall–Kier alpha value is -1.36. The van der Waals surface area contributed by atoms with Gasteiger partial charge in [0.1, 0.15) is 11.9 Å². The number of hydrogen-bond donors (Lipinski definition) is 1. The Morgan fingerprint density at radius 2 is 2.06 bits per heavy atom. The number of halogens is 1. The number of rotatable bonds is 5. The fraction of sp³-hybridized carbons (Fsp3) is 0.583. The summed E-state index contributed by atoms with van der Waals surface area (Å²) >= 11 is 5.77. The summed E-state index contributed by atoms with van der Waals surface area (Å²) in [5.74, 6) is 0.618. The topological polar surface area (TPSA) is 58.1 Å². The predicted molar refractivity (Wildman–Crippen MR) is 72.8 cm³/mol. The summed E-state index contributed by atoms with van der Waals surface area (Å²) in [5.41, 5.74) is 0.764. The Balaban J connectivity index is 2.74. The van der Waals surface area contributed by atoms with Gasteiger partial charge in [-0.3, -0.25) is 4.79 Å². The number of nitrogens with one attached hydrogen (secondary N) is 1. The third kappa shape index (κ3) is 3.84. The third-order valence-electron chi connectivity index (χ3n) is 2.64. The van der Waals surface area contributed by atoms with Crippen molar-refractivity contribution in [2.24, 2.45) is 0 Å². The highest BCUT2D eigenvalue weighted by atomic mass is 35.5. The summed E-state index contributed by atoms with van der Waals surface area (Å²) in [5, 5.41) is 3.23. The van der Waals surface area contributed by atoms with E-state index in [9.17, 15) is 4.79 Å². The van der Waals surface area contributed by atoms with Crippen LogP contribution in [0.5, 0.6) is 0 Å². The first-order valence-corrected chi connectivity index (χ1v) is 6.42. The van der Waals surface area contributed by atoms with E-state index in [-0.39, 0.29) is 17.2 Å². The van der Waals surface area contributed by atoms with Crippen LogP contribution in [-0.2, 0) is 4.79 Å². The summed E-state index contributed by atoms with van der Waals surface area (Å²) in [6.07, 6.45) is 0. The minimum atomic E-state index is -0.338. The van der Waals surface area contributed by atoms with Crippen LogP contribution in [-0.4, -0.2) is 39.9 Å². The van der Waals surface area contributed by atoms with Crippen LogP contribution in [0, 0.1) is 6.92 Å². The number of anilines is 1. The molecule has 5 nitrogen and oxygen atoms in total. The maximum Gasteiger partial charge on any atom is 0.244 e. The smallest absolute Gasteiger partial charge is 0.244 e. The molecule has 0 aliphatic heterocycles. The fourth-order valence-electron chi connectivity index (χ4n) is 1.70. The summed E-state index contributed by atoms with van der Waals surface area (Å²) in [4.78, 5) is 21.9. The van der Waals surface area contributed by atoms with Gasteiger partial charge >= 0.3 is 0 Å². The zero-order valence-corrected chi connectivity index (χ0v) is 12.0. The van der Waals surface area contributed by atoms with Crippen LogP contribution < -0.4 is 5.32 Å². The first kappa shape index (κ1) is 14.7. The second-order valence-corrected chi connectivity index (χ2v) is 4.38. The lowest BCUT2D eigenvalue weighted by atomic mass is 10.2. The SMILES string of the molecule is CCN(CC)C(=O)C(C)Nc1cc(C)nc(Cl)n1. The molecule has 0 aromatic carbocycles. The number of carbonyl (C=O) groups is 1. The van der Waals surface area contributed by atoms with E-state index in [2.05, 4.69) is 15.3 Å². The Labute approximate surface area is 113 Å².